The molecule has 0 radical (unpaired) electrons. The fourth-order valence-corrected chi connectivity index (χ4v) is 1.08. The maximum Gasteiger partial charge on any atom is 0.209 e. The highest BCUT2D eigenvalue weighted by atomic mass is 16.5. The normalized spacial score (nSPS) is 37.1. The number of hydrogen-bond acceptors (Lipinski definition) is 4. The number of amides is 1. The first-order chi connectivity index (χ1) is 5.27. The van der Waals surface area contributed by atoms with E-state index in [9.17, 15) is 4.79 Å². The SMILES string of the molecule is O=CN[C@H]1CC(O)[C@@H](CO)O1. The zero-order valence-corrected chi connectivity index (χ0v) is 5.93. The van der Waals surface area contributed by atoms with Gasteiger partial charge >= 0.3 is 0 Å². The van der Waals surface area contributed by atoms with Crippen molar-refractivity contribution in [2.45, 2.75) is 24.9 Å². The minimum atomic E-state index is -0.683. The number of ether oxygens (including phenoxy) is 1. The molecule has 1 rings (SSSR count). The Labute approximate surface area is 64.0 Å². The number of carbonyl (C=O) groups excluding carboxylic acids is 1. The molecule has 5 nitrogen and oxygen atoms in total. The van der Waals surface area contributed by atoms with E-state index < -0.39 is 18.4 Å². The van der Waals surface area contributed by atoms with E-state index in [-0.39, 0.29) is 6.61 Å². The lowest BCUT2D eigenvalue weighted by Gasteiger charge is -2.10. The quantitative estimate of drug-likeness (QED) is 0.427. The predicted octanol–water partition coefficient (Wildman–Crippen LogP) is -1.80. The van der Waals surface area contributed by atoms with Crippen molar-refractivity contribution in [3.05, 3.63) is 0 Å². The van der Waals surface area contributed by atoms with Crippen LogP contribution in [0.25, 0.3) is 0 Å². The van der Waals surface area contributed by atoms with Gasteiger partial charge in [-0.3, -0.25) is 4.79 Å². The van der Waals surface area contributed by atoms with Gasteiger partial charge in [0.05, 0.1) is 12.7 Å². The Balaban J connectivity index is 2.36. The highest BCUT2D eigenvalue weighted by molar-refractivity contribution is 5.46. The summed E-state index contributed by atoms with van der Waals surface area (Å²) in [6.07, 6.45) is -0.856. The van der Waals surface area contributed by atoms with E-state index in [0.29, 0.717) is 12.8 Å². The predicted molar refractivity (Wildman–Crippen MR) is 35.6 cm³/mol. The molecule has 1 fully saturated rings. The summed E-state index contributed by atoms with van der Waals surface area (Å²) in [6, 6.07) is 0. The van der Waals surface area contributed by atoms with Crippen LogP contribution in [-0.4, -0.2) is 41.7 Å². The van der Waals surface area contributed by atoms with Gasteiger partial charge in [0.15, 0.2) is 0 Å². The standard InChI is InChI=1S/C6H11NO4/c8-2-5-4(10)1-6(11-5)7-3-9/h3-6,8,10H,1-2H2,(H,7,9)/t4?,5-,6-/m1/s1. The van der Waals surface area contributed by atoms with Crippen molar-refractivity contribution in [3.63, 3.8) is 0 Å². The number of aliphatic hydroxyl groups excluding tert-OH is 2. The molecule has 1 heterocycles. The van der Waals surface area contributed by atoms with Crippen molar-refractivity contribution in [2.75, 3.05) is 6.61 Å². The molecule has 11 heavy (non-hydrogen) atoms. The molecular weight excluding hydrogens is 150 g/mol. The third kappa shape index (κ3) is 1.89. The zero-order valence-electron chi connectivity index (χ0n) is 5.93. The summed E-state index contributed by atoms with van der Waals surface area (Å²) in [5.74, 6) is 0. The number of aliphatic hydroxyl groups is 2. The summed E-state index contributed by atoms with van der Waals surface area (Å²) < 4.78 is 5.02. The average molecular weight is 161 g/mol. The molecule has 1 unspecified atom stereocenters. The Kier molecular flexibility index (Phi) is 2.81. The second-order valence-corrected chi connectivity index (χ2v) is 2.43. The van der Waals surface area contributed by atoms with E-state index in [1.165, 1.54) is 0 Å². The lowest BCUT2D eigenvalue weighted by Crippen LogP contribution is -2.28. The Morgan fingerprint density at radius 1 is 1.73 bits per heavy atom. The van der Waals surface area contributed by atoms with E-state index in [4.69, 9.17) is 14.9 Å². The van der Waals surface area contributed by atoms with Crippen molar-refractivity contribution >= 4 is 6.41 Å². The van der Waals surface area contributed by atoms with E-state index >= 15 is 0 Å². The molecule has 1 aliphatic rings. The summed E-state index contributed by atoms with van der Waals surface area (Å²) in [7, 11) is 0. The van der Waals surface area contributed by atoms with Gasteiger partial charge in [-0.2, -0.15) is 0 Å². The minimum Gasteiger partial charge on any atom is -0.394 e. The van der Waals surface area contributed by atoms with E-state index in [0.717, 1.165) is 0 Å². The molecule has 1 amide bonds. The Bertz CT molecular complexity index is 141. The van der Waals surface area contributed by atoms with Gasteiger partial charge in [0.1, 0.15) is 12.3 Å². The third-order valence-electron chi connectivity index (χ3n) is 1.66. The fourth-order valence-electron chi connectivity index (χ4n) is 1.08. The molecule has 1 aliphatic heterocycles. The molecule has 0 aliphatic carbocycles. The van der Waals surface area contributed by atoms with Gasteiger partial charge in [0, 0.05) is 6.42 Å². The molecule has 3 N–H and O–H groups in total. The third-order valence-corrected chi connectivity index (χ3v) is 1.66. The van der Waals surface area contributed by atoms with Crippen LogP contribution in [-0.2, 0) is 9.53 Å². The summed E-state index contributed by atoms with van der Waals surface area (Å²) >= 11 is 0. The molecule has 0 saturated carbocycles. The molecule has 0 aromatic carbocycles. The molecule has 0 aromatic heterocycles. The van der Waals surface area contributed by atoms with Crippen molar-refractivity contribution in [2.24, 2.45) is 0 Å². The maximum absolute atomic E-state index is 9.93. The molecule has 0 spiro atoms. The first kappa shape index (κ1) is 8.45. The molecule has 0 bridgehead atoms. The Morgan fingerprint density at radius 3 is 2.91 bits per heavy atom. The highest BCUT2D eigenvalue weighted by Gasteiger charge is 2.32. The van der Waals surface area contributed by atoms with Crippen molar-refractivity contribution in [1.29, 1.82) is 0 Å². The molecule has 5 heteroatoms. The van der Waals surface area contributed by atoms with Gasteiger partial charge < -0.3 is 20.3 Å². The van der Waals surface area contributed by atoms with E-state index in [1.54, 1.807) is 0 Å². The number of hydrogen-bond donors (Lipinski definition) is 3. The largest absolute Gasteiger partial charge is 0.394 e. The van der Waals surface area contributed by atoms with Crippen LogP contribution >= 0.6 is 0 Å². The first-order valence-corrected chi connectivity index (χ1v) is 3.42. The topological polar surface area (TPSA) is 78.8 Å². The first-order valence-electron chi connectivity index (χ1n) is 3.42. The van der Waals surface area contributed by atoms with Crippen molar-refractivity contribution in [3.8, 4) is 0 Å². The van der Waals surface area contributed by atoms with Crippen molar-refractivity contribution < 1.29 is 19.7 Å². The van der Waals surface area contributed by atoms with Gasteiger partial charge in [-0.15, -0.1) is 0 Å². The summed E-state index contributed by atoms with van der Waals surface area (Å²) in [4.78, 5) is 9.93. The lowest BCUT2D eigenvalue weighted by atomic mass is 10.2. The average Bonchev–Trinajstić information content (AvgIpc) is 2.32. The van der Waals surface area contributed by atoms with Gasteiger partial charge in [-0.1, -0.05) is 0 Å². The summed E-state index contributed by atoms with van der Waals surface area (Å²) in [6.45, 7) is -0.224. The van der Waals surface area contributed by atoms with E-state index in [2.05, 4.69) is 5.32 Å². The van der Waals surface area contributed by atoms with Crippen LogP contribution in [0.15, 0.2) is 0 Å². The molecule has 0 aromatic rings. The molecule has 3 atom stereocenters. The van der Waals surface area contributed by atoms with Crippen LogP contribution in [0.3, 0.4) is 0 Å². The maximum atomic E-state index is 9.93. The highest BCUT2D eigenvalue weighted by Crippen LogP contribution is 2.17. The van der Waals surface area contributed by atoms with Gasteiger partial charge in [-0.05, 0) is 0 Å². The van der Waals surface area contributed by atoms with Crippen LogP contribution in [0.2, 0.25) is 0 Å². The van der Waals surface area contributed by atoms with Crippen molar-refractivity contribution in [1.82, 2.24) is 5.32 Å². The summed E-state index contributed by atoms with van der Waals surface area (Å²) in [5, 5.41) is 20.1. The van der Waals surface area contributed by atoms with Crippen LogP contribution in [0.4, 0.5) is 0 Å². The van der Waals surface area contributed by atoms with E-state index in [1.807, 2.05) is 0 Å². The summed E-state index contributed by atoms with van der Waals surface area (Å²) in [5.41, 5.74) is 0. The smallest absolute Gasteiger partial charge is 0.209 e. The monoisotopic (exact) mass is 161 g/mol. The van der Waals surface area contributed by atoms with Gasteiger partial charge in [0.2, 0.25) is 6.41 Å². The Morgan fingerprint density at radius 2 is 2.45 bits per heavy atom. The number of rotatable bonds is 3. The molecule has 1 saturated heterocycles. The van der Waals surface area contributed by atoms with Gasteiger partial charge in [-0.25, -0.2) is 0 Å². The molecular formula is C6H11NO4. The number of nitrogens with one attached hydrogen (secondary N) is 1. The van der Waals surface area contributed by atoms with Gasteiger partial charge in [0.25, 0.3) is 0 Å². The second kappa shape index (κ2) is 3.66. The van der Waals surface area contributed by atoms with Crippen LogP contribution in [0, 0.1) is 0 Å². The number of carbonyl (C=O) groups is 1. The van der Waals surface area contributed by atoms with Crippen LogP contribution in [0.1, 0.15) is 6.42 Å². The van der Waals surface area contributed by atoms with Crippen LogP contribution < -0.4 is 5.32 Å². The Hall–Kier alpha value is -0.650. The second-order valence-electron chi connectivity index (χ2n) is 2.43. The lowest BCUT2D eigenvalue weighted by molar-refractivity contribution is -0.114. The van der Waals surface area contributed by atoms with Crippen LogP contribution in [0.5, 0.6) is 0 Å². The fraction of sp³-hybridized carbons (Fsp3) is 0.833. The minimum absolute atomic E-state index is 0.224. The zero-order chi connectivity index (χ0) is 8.27. The molecule has 64 valence electrons.